The van der Waals surface area contributed by atoms with Crippen molar-refractivity contribution in [3.63, 3.8) is 0 Å². The topological polar surface area (TPSA) is 94.6 Å². The summed E-state index contributed by atoms with van der Waals surface area (Å²) in [5.41, 5.74) is 1.08. The van der Waals surface area contributed by atoms with E-state index in [4.69, 9.17) is 32.4 Å². The minimum Gasteiger partial charge on any atom is -0.479 e. The highest BCUT2D eigenvalue weighted by molar-refractivity contribution is 6.42. The van der Waals surface area contributed by atoms with Crippen LogP contribution in [0, 0.1) is 17.0 Å². The van der Waals surface area contributed by atoms with Gasteiger partial charge in [0.25, 0.3) is 5.91 Å². The van der Waals surface area contributed by atoms with Crippen LogP contribution in [0.5, 0.6) is 5.75 Å². The molecule has 1 N–H and O–H groups in total. The number of nitrogens with one attached hydrogen (secondary N) is 1. The van der Waals surface area contributed by atoms with Crippen LogP contribution in [0.3, 0.4) is 0 Å². The summed E-state index contributed by atoms with van der Waals surface area (Å²) in [7, 11) is 0. The number of rotatable bonds is 6. The molecular formula is C19H14Cl2N2O5. The highest BCUT2D eigenvalue weighted by Gasteiger charge is 2.17. The van der Waals surface area contributed by atoms with Crippen molar-refractivity contribution in [3.05, 3.63) is 85.8 Å². The molecule has 2 aromatic carbocycles. The summed E-state index contributed by atoms with van der Waals surface area (Å²) in [5, 5.41) is 14.5. The van der Waals surface area contributed by atoms with E-state index in [1.807, 2.05) is 0 Å². The fourth-order valence-electron chi connectivity index (χ4n) is 2.39. The molecule has 9 heteroatoms. The van der Waals surface area contributed by atoms with Crippen molar-refractivity contribution < 1.29 is 18.9 Å². The Morgan fingerprint density at radius 1 is 1.14 bits per heavy atom. The summed E-state index contributed by atoms with van der Waals surface area (Å²) in [6, 6.07) is 12.4. The third-order valence-electron chi connectivity index (χ3n) is 3.74. The first-order chi connectivity index (χ1) is 13.3. The van der Waals surface area contributed by atoms with Crippen molar-refractivity contribution in [1.82, 2.24) is 0 Å². The number of halogens is 2. The Balaban J connectivity index is 1.66. The van der Waals surface area contributed by atoms with Crippen LogP contribution >= 0.6 is 23.2 Å². The average Bonchev–Trinajstić information content (AvgIpc) is 3.13. The number of amides is 1. The molecule has 3 aromatic rings. The van der Waals surface area contributed by atoms with Crippen LogP contribution in [0.15, 0.2) is 52.9 Å². The van der Waals surface area contributed by atoms with Crippen LogP contribution in [0.4, 0.5) is 11.4 Å². The van der Waals surface area contributed by atoms with Crippen molar-refractivity contribution in [3.8, 4) is 5.75 Å². The molecule has 144 valence electrons. The molecular weight excluding hydrogens is 407 g/mol. The maximum Gasteiger partial charge on any atom is 0.311 e. The highest BCUT2D eigenvalue weighted by Crippen LogP contribution is 2.29. The molecule has 0 unspecified atom stereocenters. The number of nitrogens with zero attached hydrogens (tertiary/aromatic N) is 1. The lowest BCUT2D eigenvalue weighted by atomic mass is 10.2. The lowest BCUT2D eigenvalue weighted by Gasteiger charge is -2.06. The number of anilines is 1. The Morgan fingerprint density at radius 2 is 1.93 bits per heavy atom. The van der Waals surface area contributed by atoms with Gasteiger partial charge in [-0.3, -0.25) is 14.9 Å². The minimum atomic E-state index is -0.513. The number of hydrogen-bond donors (Lipinski definition) is 1. The predicted octanol–water partition coefficient (Wildman–Crippen LogP) is 5.63. The number of nitro benzene ring substituents is 1. The molecule has 0 saturated heterocycles. The van der Waals surface area contributed by atoms with Crippen LogP contribution in [0.1, 0.15) is 21.9 Å². The first-order valence-electron chi connectivity index (χ1n) is 8.06. The number of benzene rings is 2. The third-order valence-corrected chi connectivity index (χ3v) is 4.48. The van der Waals surface area contributed by atoms with E-state index in [0.717, 1.165) is 5.56 Å². The number of nitro groups is 1. The van der Waals surface area contributed by atoms with Gasteiger partial charge in [-0.2, -0.15) is 0 Å². The molecule has 0 aliphatic rings. The zero-order valence-corrected chi connectivity index (χ0v) is 16.1. The van der Waals surface area contributed by atoms with Gasteiger partial charge in [-0.05, 0) is 48.9 Å². The van der Waals surface area contributed by atoms with Crippen LogP contribution < -0.4 is 10.1 Å². The van der Waals surface area contributed by atoms with Gasteiger partial charge >= 0.3 is 5.69 Å². The lowest BCUT2D eigenvalue weighted by Crippen LogP contribution is -2.10. The molecule has 0 aliphatic heterocycles. The normalized spacial score (nSPS) is 10.5. The van der Waals surface area contributed by atoms with E-state index in [2.05, 4.69) is 5.32 Å². The monoisotopic (exact) mass is 420 g/mol. The SMILES string of the molecule is Cc1ccc(OCc2ccc(C(=O)Nc3ccc(Cl)c(Cl)c3)o2)c([N+](=O)[O-])c1. The molecule has 3 rings (SSSR count). The number of hydrogen-bond acceptors (Lipinski definition) is 5. The molecule has 0 spiro atoms. The molecule has 0 aliphatic carbocycles. The van der Waals surface area contributed by atoms with E-state index in [0.29, 0.717) is 21.5 Å². The van der Waals surface area contributed by atoms with Gasteiger partial charge in [0.05, 0.1) is 15.0 Å². The Hall–Kier alpha value is -3.03. The van der Waals surface area contributed by atoms with E-state index in [9.17, 15) is 14.9 Å². The van der Waals surface area contributed by atoms with Crippen LogP contribution in [0.25, 0.3) is 0 Å². The second-order valence-corrected chi connectivity index (χ2v) is 6.68. The molecule has 28 heavy (non-hydrogen) atoms. The number of furan rings is 1. The van der Waals surface area contributed by atoms with Crippen molar-refractivity contribution in [2.45, 2.75) is 13.5 Å². The molecule has 0 saturated carbocycles. The number of carbonyl (C=O) groups is 1. The molecule has 1 aromatic heterocycles. The summed E-state index contributed by atoms with van der Waals surface area (Å²) in [5.74, 6) is 0.0389. The fraction of sp³-hybridized carbons (Fsp3) is 0.105. The van der Waals surface area contributed by atoms with Gasteiger partial charge in [0.15, 0.2) is 11.5 Å². The van der Waals surface area contributed by atoms with Crippen molar-refractivity contribution >= 4 is 40.5 Å². The van der Waals surface area contributed by atoms with Gasteiger partial charge in [-0.25, -0.2) is 0 Å². The van der Waals surface area contributed by atoms with E-state index in [1.54, 1.807) is 31.2 Å². The molecule has 1 heterocycles. The summed E-state index contributed by atoms with van der Waals surface area (Å²) < 4.78 is 10.9. The average molecular weight is 421 g/mol. The summed E-state index contributed by atoms with van der Waals surface area (Å²) in [6.07, 6.45) is 0. The Morgan fingerprint density at radius 3 is 2.64 bits per heavy atom. The number of aryl methyl sites for hydroxylation is 1. The molecule has 1 amide bonds. The first kappa shape index (κ1) is 19.7. The minimum absolute atomic E-state index is 0.0584. The first-order valence-corrected chi connectivity index (χ1v) is 8.82. The van der Waals surface area contributed by atoms with E-state index < -0.39 is 10.8 Å². The Labute approximate surface area is 170 Å². The molecule has 0 radical (unpaired) electrons. The van der Waals surface area contributed by atoms with Crippen LogP contribution in [-0.4, -0.2) is 10.8 Å². The maximum absolute atomic E-state index is 12.3. The van der Waals surface area contributed by atoms with Gasteiger partial charge in [0.2, 0.25) is 0 Å². The Kier molecular flexibility index (Phi) is 5.87. The molecule has 0 atom stereocenters. The van der Waals surface area contributed by atoms with E-state index in [1.165, 1.54) is 24.3 Å². The second kappa shape index (κ2) is 8.33. The van der Waals surface area contributed by atoms with Gasteiger partial charge in [0, 0.05) is 11.8 Å². The van der Waals surface area contributed by atoms with Gasteiger partial charge in [-0.15, -0.1) is 0 Å². The molecule has 0 fully saturated rings. The predicted molar refractivity (Wildman–Crippen MR) is 105 cm³/mol. The standard InChI is InChI=1S/C19H14Cl2N2O5/c1-11-2-6-17(16(8-11)23(25)26)27-10-13-4-7-18(28-13)19(24)22-12-3-5-14(20)15(21)9-12/h2-9H,10H2,1H3,(H,22,24). The van der Waals surface area contributed by atoms with Crippen LogP contribution in [0.2, 0.25) is 10.0 Å². The smallest absolute Gasteiger partial charge is 0.311 e. The quantitative estimate of drug-likeness (QED) is 0.411. The number of ether oxygens (including phenoxy) is 1. The highest BCUT2D eigenvalue weighted by atomic mass is 35.5. The Bertz CT molecular complexity index is 1050. The lowest BCUT2D eigenvalue weighted by molar-refractivity contribution is -0.386. The van der Waals surface area contributed by atoms with Crippen molar-refractivity contribution in [2.75, 3.05) is 5.32 Å². The second-order valence-electron chi connectivity index (χ2n) is 5.87. The summed E-state index contributed by atoms with van der Waals surface area (Å²) in [4.78, 5) is 22.9. The van der Waals surface area contributed by atoms with Crippen LogP contribution in [-0.2, 0) is 6.61 Å². The van der Waals surface area contributed by atoms with E-state index in [-0.39, 0.29) is 23.8 Å². The van der Waals surface area contributed by atoms with Gasteiger partial charge in [0.1, 0.15) is 12.4 Å². The zero-order chi connectivity index (χ0) is 20.3. The number of carbonyl (C=O) groups excluding carboxylic acids is 1. The van der Waals surface area contributed by atoms with Crippen molar-refractivity contribution in [1.29, 1.82) is 0 Å². The third kappa shape index (κ3) is 4.62. The molecule has 7 nitrogen and oxygen atoms in total. The maximum atomic E-state index is 12.3. The summed E-state index contributed by atoms with van der Waals surface area (Å²) >= 11 is 11.8. The van der Waals surface area contributed by atoms with Crippen molar-refractivity contribution in [2.24, 2.45) is 0 Å². The van der Waals surface area contributed by atoms with Gasteiger partial charge < -0.3 is 14.5 Å². The fourth-order valence-corrected chi connectivity index (χ4v) is 2.68. The van der Waals surface area contributed by atoms with E-state index >= 15 is 0 Å². The zero-order valence-electron chi connectivity index (χ0n) is 14.6. The molecule has 0 bridgehead atoms. The van der Waals surface area contributed by atoms with Gasteiger partial charge in [-0.1, -0.05) is 29.3 Å². The largest absolute Gasteiger partial charge is 0.479 e. The summed E-state index contributed by atoms with van der Waals surface area (Å²) in [6.45, 7) is 1.69.